The molecule has 0 atom stereocenters. The number of amides is 1. The van der Waals surface area contributed by atoms with Gasteiger partial charge in [-0.15, -0.1) is 5.10 Å². The molecule has 25 heavy (non-hydrogen) atoms. The zero-order valence-electron chi connectivity index (χ0n) is 13.4. The summed E-state index contributed by atoms with van der Waals surface area (Å²) in [5.74, 6) is -0.289. The van der Waals surface area contributed by atoms with Crippen LogP contribution < -0.4 is 4.90 Å². The SMILES string of the molecule is CCN(C(=O)c1nc2nccc(C)n2n1)c1ccc(C(F)(F)F)cc1. The number of carbonyl (C=O) groups excluding carboxylic acids is 1. The monoisotopic (exact) mass is 349 g/mol. The van der Waals surface area contributed by atoms with Crippen LogP contribution in [-0.2, 0) is 6.18 Å². The number of carbonyl (C=O) groups is 1. The molecular weight excluding hydrogens is 335 g/mol. The fraction of sp³-hybridized carbons (Fsp3) is 0.250. The van der Waals surface area contributed by atoms with Crippen molar-refractivity contribution in [1.29, 1.82) is 0 Å². The largest absolute Gasteiger partial charge is 0.416 e. The number of rotatable bonds is 3. The van der Waals surface area contributed by atoms with E-state index in [1.165, 1.54) is 21.5 Å². The molecule has 0 saturated carbocycles. The minimum Gasteiger partial charge on any atom is -0.306 e. The van der Waals surface area contributed by atoms with E-state index in [0.29, 0.717) is 5.69 Å². The molecule has 0 saturated heterocycles. The van der Waals surface area contributed by atoms with Crippen molar-refractivity contribution in [3.8, 4) is 0 Å². The number of anilines is 1. The first-order valence-corrected chi connectivity index (χ1v) is 7.48. The van der Waals surface area contributed by atoms with Gasteiger partial charge >= 0.3 is 6.18 Å². The van der Waals surface area contributed by atoms with Gasteiger partial charge in [-0.25, -0.2) is 9.50 Å². The second-order valence-electron chi connectivity index (χ2n) is 5.33. The molecule has 0 aliphatic rings. The average molecular weight is 349 g/mol. The molecule has 2 aromatic heterocycles. The highest BCUT2D eigenvalue weighted by molar-refractivity contribution is 6.03. The number of hydrogen-bond donors (Lipinski definition) is 0. The molecule has 130 valence electrons. The van der Waals surface area contributed by atoms with E-state index in [2.05, 4.69) is 15.1 Å². The Labute approximate surface area is 140 Å². The standard InChI is InChI=1S/C16H14F3N5O/c1-3-23(12-6-4-11(5-7-12)16(17,18)19)14(25)13-21-15-20-9-8-10(2)24(15)22-13/h4-9H,3H2,1-2H3. The summed E-state index contributed by atoms with van der Waals surface area (Å²) in [5, 5.41) is 4.14. The minimum absolute atomic E-state index is 0.0662. The predicted molar refractivity (Wildman–Crippen MR) is 84.3 cm³/mol. The summed E-state index contributed by atoms with van der Waals surface area (Å²) >= 11 is 0. The molecule has 6 nitrogen and oxygen atoms in total. The fourth-order valence-corrected chi connectivity index (χ4v) is 2.39. The van der Waals surface area contributed by atoms with E-state index in [0.717, 1.165) is 17.8 Å². The van der Waals surface area contributed by atoms with Gasteiger partial charge in [0.2, 0.25) is 5.82 Å². The molecule has 1 amide bonds. The van der Waals surface area contributed by atoms with Crippen LogP contribution >= 0.6 is 0 Å². The van der Waals surface area contributed by atoms with Gasteiger partial charge in [0.05, 0.1) is 5.56 Å². The molecule has 9 heteroatoms. The van der Waals surface area contributed by atoms with Crippen LogP contribution in [-0.4, -0.2) is 32.0 Å². The molecule has 3 rings (SSSR count). The van der Waals surface area contributed by atoms with Crippen molar-refractivity contribution < 1.29 is 18.0 Å². The molecular formula is C16H14F3N5O. The van der Waals surface area contributed by atoms with Crippen molar-refractivity contribution in [2.45, 2.75) is 20.0 Å². The first-order valence-electron chi connectivity index (χ1n) is 7.48. The molecule has 0 bridgehead atoms. The summed E-state index contributed by atoms with van der Waals surface area (Å²) in [4.78, 5) is 22.1. The maximum atomic E-state index is 12.7. The Kier molecular flexibility index (Phi) is 4.15. The second kappa shape index (κ2) is 6.15. The highest BCUT2D eigenvalue weighted by Gasteiger charge is 2.30. The number of halogens is 3. The van der Waals surface area contributed by atoms with Crippen LogP contribution in [0.5, 0.6) is 0 Å². The van der Waals surface area contributed by atoms with Crippen molar-refractivity contribution >= 4 is 17.4 Å². The number of alkyl halides is 3. The van der Waals surface area contributed by atoms with Crippen LogP contribution in [0.25, 0.3) is 5.78 Å². The van der Waals surface area contributed by atoms with E-state index in [-0.39, 0.29) is 18.1 Å². The molecule has 0 radical (unpaired) electrons. The van der Waals surface area contributed by atoms with Crippen molar-refractivity contribution in [2.24, 2.45) is 0 Å². The van der Waals surface area contributed by atoms with Crippen LogP contribution in [0.1, 0.15) is 28.8 Å². The van der Waals surface area contributed by atoms with E-state index < -0.39 is 17.6 Å². The van der Waals surface area contributed by atoms with E-state index in [1.54, 1.807) is 26.1 Å². The fourth-order valence-electron chi connectivity index (χ4n) is 2.39. The number of benzene rings is 1. The van der Waals surface area contributed by atoms with Crippen molar-refractivity contribution in [3.63, 3.8) is 0 Å². The van der Waals surface area contributed by atoms with Gasteiger partial charge in [-0.1, -0.05) is 0 Å². The molecule has 0 N–H and O–H groups in total. The summed E-state index contributed by atoms with van der Waals surface area (Å²) in [6, 6.07) is 6.11. The lowest BCUT2D eigenvalue weighted by molar-refractivity contribution is -0.137. The normalized spacial score (nSPS) is 11.7. The molecule has 1 aromatic carbocycles. The summed E-state index contributed by atoms with van der Waals surface area (Å²) in [6.45, 7) is 3.77. The van der Waals surface area contributed by atoms with Gasteiger partial charge in [0.25, 0.3) is 11.7 Å². The van der Waals surface area contributed by atoms with E-state index in [1.807, 2.05) is 0 Å². The average Bonchev–Trinajstić information content (AvgIpc) is 3.01. The van der Waals surface area contributed by atoms with E-state index in [4.69, 9.17) is 0 Å². The first kappa shape index (κ1) is 16.9. The van der Waals surface area contributed by atoms with Gasteiger partial charge in [-0.05, 0) is 44.2 Å². The van der Waals surface area contributed by atoms with E-state index >= 15 is 0 Å². The summed E-state index contributed by atoms with van der Waals surface area (Å²) < 4.78 is 39.5. The van der Waals surface area contributed by atoms with Crippen molar-refractivity contribution in [2.75, 3.05) is 11.4 Å². The topological polar surface area (TPSA) is 63.4 Å². The van der Waals surface area contributed by atoms with Crippen LogP contribution in [0.4, 0.5) is 18.9 Å². The Hall–Kier alpha value is -2.97. The van der Waals surface area contributed by atoms with Gasteiger partial charge in [-0.2, -0.15) is 18.2 Å². The minimum atomic E-state index is -4.42. The predicted octanol–water partition coefficient (Wildman–Crippen LogP) is 3.12. The van der Waals surface area contributed by atoms with Crippen molar-refractivity contribution in [1.82, 2.24) is 19.6 Å². The number of aromatic nitrogens is 4. The smallest absolute Gasteiger partial charge is 0.306 e. The Bertz CT molecular complexity index is 918. The third-order valence-corrected chi connectivity index (χ3v) is 3.69. The van der Waals surface area contributed by atoms with Gasteiger partial charge in [-0.3, -0.25) is 4.79 Å². The maximum absolute atomic E-state index is 12.7. The van der Waals surface area contributed by atoms with Gasteiger partial charge < -0.3 is 4.90 Å². The van der Waals surface area contributed by atoms with Gasteiger partial charge in [0, 0.05) is 24.1 Å². The lowest BCUT2D eigenvalue weighted by Gasteiger charge is -2.20. The lowest BCUT2D eigenvalue weighted by atomic mass is 10.2. The van der Waals surface area contributed by atoms with Crippen LogP contribution in [0.15, 0.2) is 36.5 Å². The summed E-state index contributed by atoms with van der Waals surface area (Å²) in [6.07, 6.45) is -2.87. The second-order valence-corrected chi connectivity index (χ2v) is 5.33. The van der Waals surface area contributed by atoms with Crippen LogP contribution in [0.3, 0.4) is 0 Å². The number of hydrogen-bond acceptors (Lipinski definition) is 4. The number of nitrogens with zero attached hydrogens (tertiary/aromatic N) is 5. The van der Waals surface area contributed by atoms with E-state index in [9.17, 15) is 18.0 Å². The first-order chi connectivity index (χ1) is 11.8. The molecule has 0 spiro atoms. The molecule has 2 heterocycles. The van der Waals surface area contributed by atoms with Gasteiger partial charge in [0.1, 0.15) is 0 Å². The third kappa shape index (κ3) is 3.17. The Morgan fingerprint density at radius 1 is 1.20 bits per heavy atom. The third-order valence-electron chi connectivity index (χ3n) is 3.69. The quantitative estimate of drug-likeness (QED) is 0.729. The summed E-state index contributed by atoms with van der Waals surface area (Å²) in [7, 11) is 0. The van der Waals surface area contributed by atoms with Gasteiger partial charge in [0.15, 0.2) is 0 Å². The lowest BCUT2D eigenvalue weighted by Crippen LogP contribution is -2.31. The molecule has 0 aliphatic heterocycles. The Balaban J connectivity index is 1.94. The van der Waals surface area contributed by atoms with Crippen molar-refractivity contribution in [3.05, 3.63) is 53.6 Å². The van der Waals surface area contributed by atoms with Crippen LogP contribution in [0.2, 0.25) is 0 Å². The Morgan fingerprint density at radius 2 is 1.88 bits per heavy atom. The summed E-state index contributed by atoms with van der Waals surface area (Å²) in [5.41, 5.74) is 0.323. The van der Waals surface area contributed by atoms with Crippen LogP contribution in [0, 0.1) is 6.92 Å². The highest BCUT2D eigenvalue weighted by atomic mass is 19.4. The molecule has 0 unspecified atom stereocenters. The zero-order chi connectivity index (χ0) is 18.2. The molecule has 0 fully saturated rings. The molecule has 0 aliphatic carbocycles. The number of aryl methyl sites for hydroxylation is 1. The number of fused-ring (bicyclic) bond motifs is 1. The zero-order valence-corrected chi connectivity index (χ0v) is 13.4. The highest BCUT2D eigenvalue weighted by Crippen LogP contribution is 2.30. The maximum Gasteiger partial charge on any atom is 0.416 e. The molecule has 3 aromatic rings. The Morgan fingerprint density at radius 3 is 2.44 bits per heavy atom.